The Hall–Kier alpha value is -2.78. The number of aliphatic hydroxyl groups excluding tert-OH is 1. The zero-order valence-electron chi connectivity index (χ0n) is 20.1. The molecule has 4 rings (SSSR count). The van der Waals surface area contributed by atoms with E-state index < -0.39 is 11.7 Å². The average Bonchev–Trinajstić information content (AvgIpc) is 3.36. The second-order valence-electron chi connectivity index (χ2n) is 8.98. The predicted octanol–water partition coefficient (Wildman–Crippen LogP) is 3.31. The normalized spacial score (nSPS) is 20.5. The van der Waals surface area contributed by atoms with E-state index in [2.05, 4.69) is 9.88 Å². The first kappa shape index (κ1) is 25.3. The van der Waals surface area contributed by atoms with Crippen molar-refractivity contribution in [1.29, 1.82) is 0 Å². The van der Waals surface area contributed by atoms with Gasteiger partial charge in [-0.05, 0) is 48.7 Å². The summed E-state index contributed by atoms with van der Waals surface area (Å²) in [6.07, 6.45) is 4.93. The van der Waals surface area contributed by atoms with Crippen LogP contribution in [-0.4, -0.2) is 69.8 Å². The molecule has 1 aromatic heterocycles. The van der Waals surface area contributed by atoms with Crippen LogP contribution in [0.15, 0.2) is 55.1 Å². The van der Waals surface area contributed by atoms with Gasteiger partial charge < -0.3 is 29.0 Å². The van der Waals surface area contributed by atoms with Crippen LogP contribution in [0.25, 0.3) is 0 Å². The Balaban J connectivity index is 1.36. The van der Waals surface area contributed by atoms with Gasteiger partial charge in [0.25, 0.3) is 0 Å². The van der Waals surface area contributed by atoms with Crippen LogP contribution in [0.5, 0.6) is 17.2 Å². The lowest BCUT2D eigenvalue weighted by Crippen LogP contribution is -2.59. The van der Waals surface area contributed by atoms with E-state index in [1.165, 1.54) is 0 Å². The zero-order chi connectivity index (χ0) is 24.8. The van der Waals surface area contributed by atoms with Crippen molar-refractivity contribution in [2.24, 2.45) is 0 Å². The van der Waals surface area contributed by atoms with Crippen molar-refractivity contribution >= 4 is 11.6 Å². The largest absolute Gasteiger partial charge is 0.493 e. The maximum Gasteiger partial charge on any atom is 0.161 e. The van der Waals surface area contributed by atoms with Crippen molar-refractivity contribution in [1.82, 2.24) is 14.5 Å². The SMILES string of the molecule is COc1cc(CN2CC[C@H](O)C(O)(COc3cc(C)ccc3Cl)C2)ccc1OCCn1ccnc1. The number of aryl methyl sites for hydroxylation is 1. The van der Waals surface area contributed by atoms with E-state index in [1.807, 2.05) is 48.0 Å². The number of hydrogen-bond acceptors (Lipinski definition) is 7. The second kappa shape index (κ2) is 11.3. The highest BCUT2D eigenvalue weighted by molar-refractivity contribution is 6.32. The summed E-state index contributed by atoms with van der Waals surface area (Å²) in [4.78, 5) is 6.13. The van der Waals surface area contributed by atoms with Crippen LogP contribution < -0.4 is 14.2 Å². The molecule has 2 atom stereocenters. The van der Waals surface area contributed by atoms with Gasteiger partial charge in [0, 0.05) is 32.0 Å². The number of β-amino-alcohol motifs (C(OH)–C–C–N with tert-alkyl or cyclic N) is 1. The van der Waals surface area contributed by atoms with Gasteiger partial charge in [-0.25, -0.2) is 4.98 Å². The summed E-state index contributed by atoms with van der Waals surface area (Å²) in [6, 6.07) is 11.3. The summed E-state index contributed by atoms with van der Waals surface area (Å²) in [5.74, 6) is 1.82. The van der Waals surface area contributed by atoms with Crippen LogP contribution in [0, 0.1) is 6.92 Å². The number of likely N-dealkylation sites (tertiary alicyclic amines) is 1. The average molecular weight is 502 g/mol. The van der Waals surface area contributed by atoms with Crippen LogP contribution >= 0.6 is 11.6 Å². The number of aromatic nitrogens is 2. The van der Waals surface area contributed by atoms with E-state index in [9.17, 15) is 10.2 Å². The third-order valence-electron chi connectivity index (χ3n) is 6.20. The van der Waals surface area contributed by atoms with Crippen LogP contribution in [0.4, 0.5) is 0 Å². The Labute approximate surface area is 210 Å². The lowest BCUT2D eigenvalue weighted by atomic mass is 9.90. The topological polar surface area (TPSA) is 89.2 Å². The molecule has 8 nitrogen and oxygen atoms in total. The standard InChI is InChI=1S/C26H32ClN3O5/c1-19-3-5-21(27)23(13-19)35-17-26(32)16-30(9-7-25(26)31)15-20-4-6-22(24(14-20)33-2)34-12-11-29-10-8-28-18-29/h3-6,8,10,13-14,18,25,31-32H,7,9,11-12,15-17H2,1-2H3/t25-,26?/m0/s1. The molecule has 2 heterocycles. The van der Waals surface area contributed by atoms with Gasteiger partial charge in [0.2, 0.25) is 0 Å². The number of rotatable bonds is 10. The highest BCUT2D eigenvalue weighted by Crippen LogP contribution is 2.31. The van der Waals surface area contributed by atoms with Crippen molar-refractivity contribution in [3.05, 3.63) is 71.3 Å². The molecule has 1 aliphatic heterocycles. The molecule has 0 bridgehead atoms. The molecule has 0 radical (unpaired) electrons. The van der Waals surface area contributed by atoms with Gasteiger partial charge in [0.1, 0.15) is 24.6 Å². The Kier molecular flexibility index (Phi) is 8.18. The minimum absolute atomic E-state index is 0.0547. The van der Waals surface area contributed by atoms with Crippen molar-refractivity contribution in [2.45, 2.75) is 38.1 Å². The zero-order valence-corrected chi connectivity index (χ0v) is 20.8. The fourth-order valence-electron chi connectivity index (χ4n) is 4.21. The van der Waals surface area contributed by atoms with Crippen LogP contribution in [0.3, 0.4) is 0 Å². The van der Waals surface area contributed by atoms with Gasteiger partial charge in [-0.15, -0.1) is 0 Å². The third-order valence-corrected chi connectivity index (χ3v) is 6.51. The number of piperidine rings is 1. The van der Waals surface area contributed by atoms with E-state index in [0.717, 1.165) is 11.1 Å². The summed E-state index contributed by atoms with van der Waals surface area (Å²) in [5.41, 5.74) is 0.613. The van der Waals surface area contributed by atoms with Crippen molar-refractivity contribution in [3.8, 4) is 17.2 Å². The molecule has 0 saturated carbocycles. The number of methoxy groups -OCH3 is 1. The van der Waals surface area contributed by atoms with Crippen molar-refractivity contribution in [2.75, 3.05) is 33.4 Å². The minimum atomic E-state index is -1.41. The molecule has 2 aromatic carbocycles. The Morgan fingerprint density at radius 1 is 1.14 bits per heavy atom. The molecule has 0 amide bonds. The molecule has 1 saturated heterocycles. The molecule has 0 aliphatic carbocycles. The summed E-state index contributed by atoms with van der Waals surface area (Å²) < 4.78 is 19.2. The number of hydrogen-bond donors (Lipinski definition) is 2. The summed E-state index contributed by atoms with van der Waals surface area (Å²) in [7, 11) is 1.62. The molecular weight excluding hydrogens is 470 g/mol. The maximum atomic E-state index is 11.2. The number of benzene rings is 2. The quantitative estimate of drug-likeness (QED) is 0.440. The minimum Gasteiger partial charge on any atom is -0.493 e. The number of nitrogens with zero attached hydrogens (tertiary/aromatic N) is 3. The fourth-order valence-corrected chi connectivity index (χ4v) is 4.39. The summed E-state index contributed by atoms with van der Waals surface area (Å²) >= 11 is 6.22. The number of aliphatic hydroxyl groups is 2. The number of halogens is 1. The number of ether oxygens (including phenoxy) is 3. The molecule has 2 N–H and O–H groups in total. The van der Waals surface area contributed by atoms with Gasteiger partial charge in [-0.1, -0.05) is 23.7 Å². The van der Waals surface area contributed by atoms with Gasteiger partial charge in [-0.3, -0.25) is 4.90 Å². The van der Waals surface area contributed by atoms with E-state index in [-0.39, 0.29) is 13.2 Å². The summed E-state index contributed by atoms with van der Waals surface area (Å²) in [6.45, 7) is 4.58. The predicted molar refractivity (Wildman–Crippen MR) is 133 cm³/mol. The smallest absolute Gasteiger partial charge is 0.161 e. The van der Waals surface area contributed by atoms with E-state index in [0.29, 0.717) is 54.9 Å². The van der Waals surface area contributed by atoms with Crippen molar-refractivity contribution < 1.29 is 24.4 Å². The Morgan fingerprint density at radius 3 is 2.77 bits per heavy atom. The Morgan fingerprint density at radius 2 is 2.00 bits per heavy atom. The lowest BCUT2D eigenvalue weighted by Gasteiger charge is -2.42. The van der Waals surface area contributed by atoms with Crippen LogP contribution in [0.1, 0.15) is 17.5 Å². The Bertz CT molecular complexity index is 1110. The van der Waals surface area contributed by atoms with Crippen LogP contribution in [0.2, 0.25) is 5.02 Å². The monoisotopic (exact) mass is 501 g/mol. The number of imidazole rings is 1. The van der Waals surface area contributed by atoms with E-state index in [1.54, 1.807) is 25.7 Å². The van der Waals surface area contributed by atoms with E-state index in [4.69, 9.17) is 25.8 Å². The van der Waals surface area contributed by atoms with Crippen LogP contribution in [-0.2, 0) is 13.1 Å². The first-order valence-electron chi connectivity index (χ1n) is 11.6. The van der Waals surface area contributed by atoms with E-state index >= 15 is 0 Å². The maximum absolute atomic E-state index is 11.2. The summed E-state index contributed by atoms with van der Waals surface area (Å²) in [5, 5.41) is 22.2. The van der Waals surface area contributed by atoms with Crippen molar-refractivity contribution in [3.63, 3.8) is 0 Å². The molecule has 1 unspecified atom stereocenters. The van der Waals surface area contributed by atoms with Gasteiger partial charge >= 0.3 is 0 Å². The molecule has 0 spiro atoms. The highest BCUT2D eigenvalue weighted by atomic mass is 35.5. The third kappa shape index (κ3) is 6.46. The highest BCUT2D eigenvalue weighted by Gasteiger charge is 2.42. The molecule has 9 heteroatoms. The molecule has 35 heavy (non-hydrogen) atoms. The first-order valence-corrected chi connectivity index (χ1v) is 12.0. The first-order chi connectivity index (χ1) is 16.9. The van der Waals surface area contributed by atoms with Gasteiger partial charge in [-0.2, -0.15) is 0 Å². The lowest BCUT2D eigenvalue weighted by molar-refractivity contribution is -0.140. The van der Waals surface area contributed by atoms with Gasteiger partial charge in [0.15, 0.2) is 11.5 Å². The molecule has 188 valence electrons. The molecular formula is C26H32ClN3O5. The van der Waals surface area contributed by atoms with Gasteiger partial charge in [0.05, 0.1) is 31.1 Å². The molecule has 1 fully saturated rings. The fraction of sp³-hybridized carbons (Fsp3) is 0.423. The second-order valence-corrected chi connectivity index (χ2v) is 9.38. The molecule has 1 aliphatic rings. The molecule has 3 aromatic rings.